The largest absolute Gasteiger partial charge is 0.383 e. The number of aromatic nitrogens is 2. The predicted octanol–water partition coefficient (Wildman–Crippen LogP) is 0.852. The van der Waals surface area contributed by atoms with E-state index in [4.69, 9.17) is 4.74 Å². The minimum atomic E-state index is 0.165. The van der Waals surface area contributed by atoms with Gasteiger partial charge in [-0.1, -0.05) is 0 Å². The fourth-order valence-corrected chi connectivity index (χ4v) is 3.52. The Morgan fingerprint density at radius 3 is 2.77 bits per heavy atom. The highest BCUT2D eigenvalue weighted by Crippen LogP contribution is 2.27. The first kappa shape index (κ1) is 15.5. The summed E-state index contributed by atoms with van der Waals surface area (Å²) in [6, 6.07) is 2.44. The van der Waals surface area contributed by atoms with Gasteiger partial charge in [-0.15, -0.1) is 0 Å². The quantitative estimate of drug-likeness (QED) is 0.809. The average Bonchev–Trinajstić information content (AvgIpc) is 3.02. The summed E-state index contributed by atoms with van der Waals surface area (Å²) in [6.45, 7) is 9.25. The molecule has 22 heavy (non-hydrogen) atoms. The van der Waals surface area contributed by atoms with Crippen LogP contribution < -0.4 is 0 Å². The third-order valence-electron chi connectivity index (χ3n) is 4.80. The van der Waals surface area contributed by atoms with Crippen molar-refractivity contribution in [2.45, 2.75) is 26.3 Å². The summed E-state index contributed by atoms with van der Waals surface area (Å²) >= 11 is 0. The number of carbonyl (C=O) groups is 1. The van der Waals surface area contributed by atoms with Gasteiger partial charge in [0.25, 0.3) is 0 Å². The lowest BCUT2D eigenvalue weighted by Crippen LogP contribution is -2.53. The second kappa shape index (κ2) is 6.38. The Bertz CT molecular complexity index is 536. The van der Waals surface area contributed by atoms with Crippen LogP contribution in [0.4, 0.5) is 0 Å². The monoisotopic (exact) mass is 306 g/mol. The van der Waals surface area contributed by atoms with Gasteiger partial charge in [0.15, 0.2) is 0 Å². The molecule has 2 aliphatic rings. The lowest BCUT2D eigenvalue weighted by atomic mass is 10.0. The van der Waals surface area contributed by atoms with E-state index < -0.39 is 0 Å². The maximum Gasteiger partial charge on any atom is 0.227 e. The number of ether oxygens (including phenoxy) is 1. The van der Waals surface area contributed by atoms with E-state index in [0.717, 1.165) is 51.4 Å². The molecule has 6 nitrogen and oxygen atoms in total. The van der Waals surface area contributed by atoms with E-state index >= 15 is 0 Å². The number of likely N-dealkylation sites (tertiary alicyclic amines) is 2. The molecule has 122 valence electrons. The summed E-state index contributed by atoms with van der Waals surface area (Å²) in [5.41, 5.74) is 2.23. The molecule has 0 radical (unpaired) electrons. The van der Waals surface area contributed by atoms with Gasteiger partial charge in [-0.3, -0.25) is 9.48 Å². The third-order valence-corrected chi connectivity index (χ3v) is 4.80. The highest BCUT2D eigenvalue weighted by Gasteiger charge is 2.38. The summed E-state index contributed by atoms with van der Waals surface area (Å²) < 4.78 is 7.18. The molecule has 1 aromatic heterocycles. The van der Waals surface area contributed by atoms with Gasteiger partial charge in [-0.25, -0.2) is 0 Å². The Labute approximate surface area is 132 Å². The summed E-state index contributed by atoms with van der Waals surface area (Å²) in [5, 5.41) is 4.53. The summed E-state index contributed by atoms with van der Waals surface area (Å²) in [4.78, 5) is 16.9. The zero-order valence-corrected chi connectivity index (χ0v) is 13.8. The Morgan fingerprint density at radius 2 is 2.14 bits per heavy atom. The zero-order valence-electron chi connectivity index (χ0n) is 13.8. The molecule has 2 fully saturated rings. The topological polar surface area (TPSA) is 50.6 Å². The first-order valence-corrected chi connectivity index (χ1v) is 8.11. The van der Waals surface area contributed by atoms with Crippen molar-refractivity contribution in [1.82, 2.24) is 19.6 Å². The summed E-state index contributed by atoms with van der Waals surface area (Å²) in [6.07, 6.45) is 0.976. The summed E-state index contributed by atoms with van der Waals surface area (Å²) in [5.74, 6) is 0.482. The van der Waals surface area contributed by atoms with Gasteiger partial charge in [0.05, 0.1) is 24.3 Å². The van der Waals surface area contributed by atoms with Gasteiger partial charge in [0.2, 0.25) is 5.91 Å². The minimum Gasteiger partial charge on any atom is -0.383 e. The van der Waals surface area contributed by atoms with Gasteiger partial charge in [0, 0.05) is 39.0 Å². The predicted molar refractivity (Wildman–Crippen MR) is 83.7 cm³/mol. The number of aryl methyl sites for hydroxylation is 2. The van der Waals surface area contributed by atoms with Gasteiger partial charge in [-0.2, -0.15) is 5.10 Å². The maximum atomic E-state index is 12.6. The van der Waals surface area contributed by atoms with Gasteiger partial charge < -0.3 is 14.5 Å². The van der Waals surface area contributed by atoms with E-state index in [1.165, 1.54) is 5.69 Å². The van der Waals surface area contributed by atoms with Gasteiger partial charge >= 0.3 is 0 Å². The van der Waals surface area contributed by atoms with E-state index in [1.807, 2.05) is 11.8 Å². The zero-order chi connectivity index (χ0) is 15.7. The number of carbonyl (C=O) groups excluding carboxylic acids is 1. The first-order chi connectivity index (χ1) is 10.6. The van der Waals surface area contributed by atoms with Crippen LogP contribution >= 0.6 is 0 Å². The average molecular weight is 306 g/mol. The number of amides is 1. The maximum absolute atomic E-state index is 12.6. The first-order valence-electron chi connectivity index (χ1n) is 8.11. The molecule has 6 heteroatoms. The van der Waals surface area contributed by atoms with Crippen molar-refractivity contribution in [2.24, 2.45) is 5.92 Å². The molecule has 2 saturated heterocycles. The smallest absolute Gasteiger partial charge is 0.227 e. The van der Waals surface area contributed by atoms with Crippen LogP contribution in [0.3, 0.4) is 0 Å². The number of hydrogen-bond donors (Lipinski definition) is 0. The Hall–Kier alpha value is -1.40. The fraction of sp³-hybridized carbons (Fsp3) is 0.750. The van der Waals surface area contributed by atoms with Crippen LogP contribution in [0.1, 0.15) is 23.9 Å². The van der Waals surface area contributed by atoms with E-state index in [0.29, 0.717) is 11.9 Å². The van der Waals surface area contributed by atoms with E-state index in [2.05, 4.69) is 27.7 Å². The fourth-order valence-electron chi connectivity index (χ4n) is 3.52. The second-order valence-corrected chi connectivity index (χ2v) is 6.55. The van der Waals surface area contributed by atoms with Crippen LogP contribution in [-0.2, 0) is 9.53 Å². The molecule has 0 N–H and O–H groups in total. The van der Waals surface area contributed by atoms with Crippen molar-refractivity contribution < 1.29 is 9.53 Å². The molecule has 0 saturated carbocycles. The van der Waals surface area contributed by atoms with Crippen molar-refractivity contribution >= 4 is 5.91 Å². The van der Waals surface area contributed by atoms with E-state index in [1.54, 1.807) is 7.11 Å². The molecule has 3 rings (SSSR count). The molecular formula is C16H26N4O2. The van der Waals surface area contributed by atoms with Crippen LogP contribution in [0.15, 0.2) is 6.07 Å². The highest BCUT2D eigenvalue weighted by molar-refractivity contribution is 5.80. The number of methoxy groups -OCH3 is 1. The van der Waals surface area contributed by atoms with Crippen LogP contribution in [-0.4, -0.2) is 71.9 Å². The standard InChI is InChI=1S/C16H26N4O2/c1-12-8-13(2)20(17-12)15-10-19(11-15)16(21)14-4-5-18(9-14)6-7-22-3/h8,14-15H,4-7,9-11H2,1-3H3. The van der Waals surface area contributed by atoms with Gasteiger partial charge in [0.1, 0.15) is 0 Å². The normalized spacial score (nSPS) is 23.0. The molecule has 0 aliphatic carbocycles. The SMILES string of the molecule is COCCN1CCC(C(=O)N2CC(n3nc(C)cc3C)C2)C1. The van der Waals surface area contributed by atoms with Crippen molar-refractivity contribution in [3.8, 4) is 0 Å². The van der Waals surface area contributed by atoms with E-state index in [9.17, 15) is 4.79 Å². The lowest BCUT2D eigenvalue weighted by Gasteiger charge is -2.41. The Balaban J connectivity index is 1.49. The third kappa shape index (κ3) is 3.03. The molecule has 0 spiro atoms. The second-order valence-electron chi connectivity index (χ2n) is 6.55. The molecule has 1 amide bonds. The van der Waals surface area contributed by atoms with Crippen molar-refractivity contribution in [1.29, 1.82) is 0 Å². The van der Waals surface area contributed by atoms with Crippen molar-refractivity contribution in [3.63, 3.8) is 0 Å². The highest BCUT2D eigenvalue weighted by atomic mass is 16.5. The van der Waals surface area contributed by atoms with Gasteiger partial charge in [-0.05, 0) is 32.9 Å². The number of hydrogen-bond acceptors (Lipinski definition) is 4. The molecular weight excluding hydrogens is 280 g/mol. The molecule has 0 aromatic carbocycles. The van der Waals surface area contributed by atoms with Crippen molar-refractivity contribution in [2.75, 3.05) is 46.4 Å². The minimum absolute atomic E-state index is 0.165. The lowest BCUT2D eigenvalue weighted by molar-refractivity contribution is -0.141. The van der Waals surface area contributed by atoms with Crippen LogP contribution in [0, 0.1) is 19.8 Å². The molecule has 0 bridgehead atoms. The van der Waals surface area contributed by atoms with Crippen LogP contribution in [0.5, 0.6) is 0 Å². The molecule has 1 atom stereocenters. The molecule has 1 aromatic rings. The Kier molecular flexibility index (Phi) is 4.49. The summed E-state index contributed by atoms with van der Waals surface area (Å²) in [7, 11) is 1.72. The molecule has 1 unspecified atom stereocenters. The number of nitrogens with zero attached hydrogens (tertiary/aromatic N) is 4. The van der Waals surface area contributed by atoms with Crippen molar-refractivity contribution in [3.05, 3.63) is 17.5 Å². The van der Waals surface area contributed by atoms with E-state index in [-0.39, 0.29) is 5.92 Å². The number of rotatable bonds is 5. The molecule has 3 heterocycles. The van der Waals surface area contributed by atoms with Crippen LogP contribution in [0.25, 0.3) is 0 Å². The Morgan fingerprint density at radius 1 is 1.36 bits per heavy atom. The van der Waals surface area contributed by atoms with Crippen LogP contribution in [0.2, 0.25) is 0 Å². The molecule has 2 aliphatic heterocycles.